The van der Waals surface area contributed by atoms with Crippen molar-refractivity contribution in [1.29, 1.82) is 0 Å². The summed E-state index contributed by atoms with van der Waals surface area (Å²) in [5.41, 5.74) is 7.44. The van der Waals surface area contributed by atoms with Crippen LogP contribution in [0.1, 0.15) is 122 Å². The van der Waals surface area contributed by atoms with Crippen molar-refractivity contribution < 1.29 is 0 Å². The average Bonchev–Trinajstić information content (AvgIpc) is 3.19. The molecule has 0 bridgehead atoms. The summed E-state index contributed by atoms with van der Waals surface area (Å²) in [6.07, 6.45) is 48.6. The summed E-state index contributed by atoms with van der Waals surface area (Å²) in [4.78, 5) is 16.2. The zero-order valence-electron chi connectivity index (χ0n) is 29.3. The molecule has 48 heavy (non-hydrogen) atoms. The predicted octanol–water partition coefficient (Wildman–Crippen LogP) is 10.7. The summed E-state index contributed by atoms with van der Waals surface area (Å²) in [5, 5.41) is 3.87. The normalized spacial score (nSPS) is 34.5. The number of amidine groups is 2. The lowest BCUT2D eigenvalue weighted by Gasteiger charge is -2.36. The molecule has 0 spiro atoms. The third kappa shape index (κ3) is 7.29. The molecule has 0 radical (unpaired) electrons. The molecule has 2 aliphatic heterocycles. The maximum absolute atomic E-state index is 5.45. The summed E-state index contributed by atoms with van der Waals surface area (Å²) in [5.74, 6) is 5.41. The first-order valence-electron chi connectivity index (χ1n) is 20.1. The van der Waals surface area contributed by atoms with E-state index < -0.39 is 0 Å². The quantitative estimate of drug-likeness (QED) is 0.276. The summed E-state index contributed by atoms with van der Waals surface area (Å²) >= 11 is 0. The molecule has 6 atom stereocenters. The molecule has 2 heterocycles. The molecule has 6 unspecified atom stereocenters. The van der Waals surface area contributed by atoms with Gasteiger partial charge in [0.15, 0.2) is 0 Å². The zero-order valence-corrected chi connectivity index (χ0v) is 29.3. The Morgan fingerprint density at radius 2 is 1.56 bits per heavy atom. The highest BCUT2D eigenvalue weighted by atomic mass is 15.2. The fourth-order valence-corrected chi connectivity index (χ4v) is 9.97. The molecule has 1 N–H and O–H groups in total. The molecule has 8 rings (SSSR count). The second-order valence-corrected chi connectivity index (χ2v) is 16.0. The number of nitrogens with zero attached hydrogens (tertiary/aromatic N) is 3. The van der Waals surface area contributed by atoms with E-state index in [1.54, 1.807) is 5.57 Å². The van der Waals surface area contributed by atoms with E-state index in [0.29, 0.717) is 35.5 Å². The smallest absolute Gasteiger partial charge is 0.132 e. The fourth-order valence-electron chi connectivity index (χ4n) is 9.97. The van der Waals surface area contributed by atoms with Crippen LogP contribution in [0.2, 0.25) is 0 Å². The van der Waals surface area contributed by atoms with Gasteiger partial charge in [0.1, 0.15) is 17.8 Å². The van der Waals surface area contributed by atoms with Crippen LogP contribution >= 0.6 is 0 Å². The number of hydrogen-bond donors (Lipinski definition) is 1. The second-order valence-electron chi connectivity index (χ2n) is 16.0. The van der Waals surface area contributed by atoms with Crippen molar-refractivity contribution in [3.63, 3.8) is 0 Å². The van der Waals surface area contributed by atoms with Gasteiger partial charge in [-0.2, -0.15) is 0 Å². The van der Waals surface area contributed by atoms with Crippen molar-refractivity contribution in [2.45, 2.75) is 128 Å². The molecule has 0 aromatic rings. The van der Waals surface area contributed by atoms with Gasteiger partial charge in [0.2, 0.25) is 0 Å². The highest BCUT2D eigenvalue weighted by molar-refractivity contribution is 6.13. The van der Waals surface area contributed by atoms with Gasteiger partial charge in [0.05, 0.1) is 5.71 Å². The van der Waals surface area contributed by atoms with Crippen LogP contribution in [0.25, 0.3) is 0 Å². The van der Waals surface area contributed by atoms with Crippen molar-refractivity contribution >= 4 is 17.4 Å². The van der Waals surface area contributed by atoms with Gasteiger partial charge in [-0.3, -0.25) is 4.99 Å². The lowest BCUT2D eigenvalue weighted by Crippen LogP contribution is -2.45. The monoisotopic (exact) mass is 642 g/mol. The summed E-state index contributed by atoms with van der Waals surface area (Å²) in [6.45, 7) is 0.928. The van der Waals surface area contributed by atoms with Crippen molar-refractivity contribution in [1.82, 2.24) is 5.32 Å². The Balaban J connectivity index is 1.03. The fraction of sp³-hybridized carbons (Fsp3) is 0.614. The van der Waals surface area contributed by atoms with E-state index in [-0.39, 0.29) is 6.17 Å². The number of allylic oxidation sites excluding steroid dienone is 11. The van der Waals surface area contributed by atoms with E-state index in [4.69, 9.17) is 15.0 Å². The van der Waals surface area contributed by atoms with E-state index >= 15 is 0 Å². The molecule has 254 valence electrons. The Bertz CT molecular complexity index is 1500. The number of hydrogen-bond acceptors (Lipinski definition) is 4. The lowest BCUT2D eigenvalue weighted by molar-refractivity contribution is 0.290. The van der Waals surface area contributed by atoms with Crippen LogP contribution in [-0.2, 0) is 0 Å². The van der Waals surface area contributed by atoms with Gasteiger partial charge < -0.3 is 5.32 Å². The van der Waals surface area contributed by atoms with E-state index in [1.807, 2.05) is 0 Å². The van der Waals surface area contributed by atoms with Crippen LogP contribution in [0.3, 0.4) is 0 Å². The lowest BCUT2D eigenvalue weighted by atomic mass is 9.72. The average molecular weight is 643 g/mol. The molecular weight excluding hydrogens is 585 g/mol. The maximum atomic E-state index is 5.45. The van der Waals surface area contributed by atoms with E-state index in [0.717, 1.165) is 43.9 Å². The summed E-state index contributed by atoms with van der Waals surface area (Å²) in [6, 6.07) is 0. The Kier molecular flexibility index (Phi) is 10.2. The van der Waals surface area contributed by atoms with Gasteiger partial charge in [-0.05, 0) is 137 Å². The van der Waals surface area contributed by atoms with Crippen LogP contribution in [0.4, 0.5) is 0 Å². The molecular formula is C44H58N4. The SMILES string of the molecule is C1=CCC(C2=CC(C3=CCCCC3)CN=C2C2=CC(C3C=CCC(C4=NC(C5CCCCC5)NC(C5=CCCCC5)=N4)C3)CCC2)C=C1. The zero-order chi connectivity index (χ0) is 32.1. The van der Waals surface area contributed by atoms with E-state index in [2.05, 4.69) is 66.1 Å². The number of rotatable bonds is 7. The Morgan fingerprint density at radius 3 is 2.38 bits per heavy atom. The first kappa shape index (κ1) is 32.2. The van der Waals surface area contributed by atoms with Crippen LogP contribution in [0.5, 0.6) is 0 Å². The van der Waals surface area contributed by atoms with Gasteiger partial charge in [0, 0.05) is 24.3 Å². The minimum absolute atomic E-state index is 0.201. The molecule has 4 heteroatoms. The van der Waals surface area contributed by atoms with Gasteiger partial charge in [-0.15, -0.1) is 0 Å². The van der Waals surface area contributed by atoms with Gasteiger partial charge in [-0.25, -0.2) is 9.98 Å². The number of dihydropyridines is 1. The highest BCUT2D eigenvalue weighted by Crippen LogP contribution is 2.41. The highest BCUT2D eigenvalue weighted by Gasteiger charge is 2.35. The second kappa shape index (κ2) is 15.3. The summed E-state index contributed by atoms with van der Waals surface area (Å²) < 4.78 is 0. The molecule has 1 fully saturated rings. The van der Waals surface area contributed by atoms with Gasteiger partial charge in [-0.1, -0.05) is 85.6 Å². The Hall–Kier alpha value is -3.01. The summed E-state index contributed by atoms with van der Waals surface area (Å²) in [7, 11) is 0. The molecule has 1 saturated carbocycles. The number of aliphatic imine (C=N–C) groups is 3. The predicted molar refractivity (Wildman–Crippen MR) is 203 cm³/mol. The molecule has 0 aromatic carbocycles. The maximum Gasteiger partial charge on any atom is 0.132 e. The third-order valence-corrected chi connectivity index (χ3v) is 12.7. The van der Waals surface area contributed by atoms with Gasteiger partial charge >= 0.3 is 0 Å². The minimum Gasteiger partial charge on any atom is -0.348 e. The molecule has 0 saturated heterocycles. The molecule has 4 nitrogen and oxygen atoms in total. The first-order valence-corrected chi connectivity index (χ1v) is 20.1. The van der Waals surface area contributed by atoms with Crippen LogP contribution < -0.4 is 5.32 Å². The van der Waals surface area contributed by atoms with E-state index in [9.17, 15) is 0 Å². The van der Waals surface area contributed by atoms with Crippen molar-refractivity contribution in [2.75, 3.05) is 6.54 Å². The van der Waals surface area contributed by atoms with Crippen molar-refractivity contribution in [2.24, 2.45) is 50.5 Å². The molecule has 6 aliphatic carbocycles. The Labute approximate surface area is 290 Å². The van der Waals surface area contributed by atoms with Crippen LogP contribution in [0, 0.1) is 35.5 Å². The third-order valence-electron chi connectivity index (χ3n) is 12.7. The molecule has 8 aliphatic rings. The molecule has 0 aromatic heterocycles. The van der Waals surface area contributed by atoms with Crippen molar-refractivity contribution in [3.05, 3.63) is 83.1 Å². The molecule has 0 amide bonds. The van der Waals surface area contributed by atoms with Gasteiger partial charge in [0.25, 0.3) is 0 Å². The standard InChI is InChI=1S/C44H58N4/c1-5-15-31(16-6-1)39-29-40(32-17-7-2-8-18-32)41(45-30-39)37-25-13-23-35(27-37)36-24-14-26-38(28-36)44-47-42(33-19-9-3-10-20-33)46-43(48-44)34-21-11-4-12-22-34/h2,7-8,14-15,17,19,24,27,29,32,34-36,38-39,43H,1,3-6,9-13,16,18,20-23,25-26,28,30H2,(H,46,47,48). The van der Waals surface area contributed by atoms with Crippen molar-refractivity contribution in [3.8, 4) is 0 Å². The van der Waals surface area contributed by atoms with Crippen LogP contribution in [-0.4, -0.2) is 30.1 Å². The Morgan fingerprint density at radius 1 is 0.688 bits per heavy atom. The first-order chi connectivity index (χ1) is 23.8. The topological polar surface area (TPSA) is 49.1 Å². The minimum atomic E-state index is 0.201. The van der Waals surface area contributed by atoms with Crippen LogP contribution in [0.15, 0.2) is 98.0 Å². The number of nitrogens with one attached hydrogen (secondary N) is 1. The largest absolute Gasteiger partial charge is 0.348 e. The van der Waals surface area contributed by atoms with E-state index in [1.165, 1.54) is 119 Å².